The summed E-state index contributed by atoms with van der Waals surface area (Å²) in [7, 11) is 0. The Balaban J connectivity index is 1.31. The standard InChI is InChI=1S/C40H54N4O6/c1-10-47-34-24-44(23-19-32(34)36(45)49-39(4,5)6)37-41-20-16-33(42-37)31-13-11-12-26(2)35(31)48-25-29-15-14-28-17-21-43(22-18-30(28)27(29)3)38(46)50-40(7,8)9/h11-16,20,32,34H,10,17-19,21-25H2,1-9H3/t32-,34+/m0/s1. The molecule has 10 nitrogen and oxygen atoms in total. The number of carbonyl (C=O) groups excluding carboxylic acids is 2. The lowest BCUT2D eigenvalue weighted by Crippen LogP contribution is -2.49. The fourth-order valence-corrected chi connectivity index (χ4v) is 6.70. The van der Waals surface area contributed by atoms with E-state index in [-0.39, 0.29) is 24.1 Å². The third-order valence-corrected chi connectivity index (χ3v) is 9.18. The molecule has 10 heteroatoms. The summed E-state index contributed by atoms with van der Waals surface area (Å²) in [5.41, 5.74) is 6.44. The van der Waals surface area contributed by atoms with Crippen molar-refractivity contribution in [2.24, 2.45) is 5.92 Å². The summed E-state index contributed by atoms with van der Waals surface area (Å²) in [5.74, 6) is 0.799. The molecule has 0 N–H and O–H groups in total. The van der Waals surface area contributed by atoms with E-state index in [1.54, 1.807) is 6.20 Å². The first kappa shape index (κ1) is 37.1. The number of esters is 1. The maximum atomic E-state index is 13.0. The van der Waals surface area contributed by atoms with Gasteiger partial charge in [0.1, 0.15) is 23.6 Å². The molecule has 3 heterocycles. The van der Waals surface area contributed by atoms with Crippen molar-refractivity contribution >= 4 is 18.0 Å². The molecule has 2 aromatic carbocycles. The number of aryl methyl sites for hydroxylation is 1. The number of aromatic nitrogens is 2. The second kappa shape index (κ2) is 15.4. The summed E-state index contributed by atoms with van der Waals surface area (Å²) in [6.07, 6.45) is 3.34. The SMILES string of the molecule is CCO[C@@H]1CN(c2nccc(-c3cccc(C)c3OCc3ccc4c(c3C)CCN(C(=O)OC(C)(C)C)CC4)n2)CC[C@@H]1C(=O)OC(C)(C)C. The number of hydrogen-bond donors (Lipinski definition) is 0. The molecule has 0 aliphatic carbocycles. The fourth-order valence-electron chi connectivity index (χ4n) is 6.70. The predicted molar refractivity (Wildman–Crippen MR) is 195 cm³/mol. The molecule has 0 radical (unpaired) electrons. The summed E-state index contributed by atoms with van der Waals surface area (Å²) in [4.78, 5) is 39.3. The Morgan fingerprint density at radius 3 is 2.38 bits per heavy atom. The highest BCUT2D eigenvalue weighted by molar-refractivity contribution is 5.74. The van der Waals surface area contributed by atoms with Gasteiger partial charge in [-0.15, -0.1) is 0 Å². The lowest BCUT2D eigenvalue weighted by atomic mass is 9.93. The predicted octanol–water partition coefficient (Wildman–Crippen LogP) is 7.25. The number of ether oxygens (including phenoxy) is 4. The average molecular weight is 687 g/mol. The van der Waals surface area contributed by atoms with Gasteiger partial charge in [-0.3, -0.25) is 4.79 Å². The molecule has 0 saturated carbocycles. The molecule has 2 atom stereocenters. The monoisotopic (exact) mass is 686 g/mol. The second-order valence-electron chi connectivity index (χ2n) is 15.3. The quantitative estimate of drug-likeness (QED) is 0.227. The minimum Gasteiger partial charge on any atom is -0.488 e. The molecule has 50 heavy (non-hydrogen) atoms. The van der Waals surface area contributed by atoms with Gasteiger partial charge in [0.05, 0.1) is 17.7 Å². The van der Waals surface area contributed by atoms with Gasteiger partial charge in [0.15, 0.2) is 0 Å². The Labute approximate surface area is 297 Å². The number of benzene rings is 2. The van der Waals surface area contributed by atoms with Crippen LogP contribution in [0.4, 0.5) is 10.7 Å². The van der Waals surface area contributed by atoms with E-state index in [1.807, 2.05) is 84.6 Å². The zero-order chi connectivity index (χ0) is 36.2. The lowest BCUT2D eigenvalue weighted by Gasteiger charge is -2.38. The number of hydrogen-bond acceptors (Lipinski definition) is 9. The smallest absolute Gasteiger partial charge is 0.410 e. The van der Waals surface area contributed by atoms with Crippen molar-refractivity contribution in [3.63, 3.8) is 0 Å². The highest BCUT2D eigenvalue weighted by Crippen LogP contribution is 2.35. The number of amides is 1. The van der Waals surface area contributed by atoms with Gasteiger partial charge in [-0.25, -0.2) is 14.8 Å². The van der Waals surface area contributed by atoms with E-state index in [0.717, 1.165) is 41.0 Å². The Morgan fingerprint density at radius 1 is 0.920 bits per heavy atom. The van der Waals surface area contributed by atoms with Crippen LogP contribution in [0.3, 0.4) is 0 Å². The minimum atomic E-state index is -0.556. The largest absolute Gasteiger partial charge is 0.488 e. The van der Waals surface area contributed by atoms with Gasteiger partial charge in [-0.1, -0.05) is 24.3 Å². The van der Waals surface area contributed by atoms with Crippen molar-refractivity contribution in [2.45, 2.75) is 105 Å². The number of fused-ring (bicyclic) bond motifs is 1. The summed E-state index contributed by atoms with van der Waals surface area (Å²) >= 11 is 0. The third kappa shape index (κ3) is 9.13. The number of para-hydroxylation sites is 1. The Morgan fingerprint density at radius 2 is 1.66 bits per heavy atom. The number of carbonyl (C=O) groups is 2. The summed E-state index contributed by atoms with van der Waals surface area (Å²) in [6.45, 7) is 20.7. The first-order valence-corrected chi connectivity index (χ1v) is 17.9. The maximum absolute atomic E-state index is 13.0. The van der Waals surface area contributed by atoms with Crippen LogP contribution < -0.4 is 9.64 Å². The number of piperidine rings is 1. The summed E-state index contributed by atoms with van der Waals surface area (Å²) in [5, 5.41) is 0. The van der Waals surface area contributed by atoms with E-state index >= 15 is 0 Å². The third-order valence-electron chi connectivity index (χ3n) is 9.18. The van der Waals surface area contributed by atoms with Gasteiger partial charge in [0, 0.05) is 44.5 Å². The molecule has 1 fully saturated rings. The molecule has 3 aromatic rings. The van der Waals surface area contributed by atoms with Crippen LogP contribution in [0.15, 0.2) is 42.6 Å². The first-order valence-electron chi connectivity index (χ1n) is 17.9. The molecular formula is C40H54N4O6. The topological polar surface area (TPSA) is 103 Å². The van der Waals surface area contributed by atoms with Crippen molar-refractivity contribution < 1.29 is 28.5 Å². The fraction of sp³-hybridized carbons (Fsp3) is 0.550. The van der Waals surface area contributed by atoms with Gasteiger partial charge < -0.3 is 28.7 Å². The summed E-state index contributed by atoms with van der Waals surface area (Å²) < 4.78 is 24.0. The minimum absolute atomic E-state index is 0.223. The van der Waals surface area contributed by atoms with E-state index < -0.39 is 11.2 Å². The van der Waals surface area contributed by atoms with E-state index in [9.17, 15) is 9.59 Å². The number of rotatable bonds is 8. The Hall–Kier alpha value is -4.18. The number of nitrogens with zero attached hydrogens (tertiary/aromatic N) is 4. The van der Waals surface area contributed by atoms with Crippen LogP contribution in [0.25, 0.3) is 11.3 Å². The van der Waals surface area contributed by atoms with E-state index in [2.05, 4.69) is 28.9 Å². The highest BCUT2D eigenvalue weighted by atomic mass is 16.6. The zero-order valence-electron chi connectivity index (χ0n) is 31.3. The van der Waals surface area contributed by atoms with Gasteiger partial charge >= 0.3 is 12.1 Å². The van der Waals surface area contributed by atoms with Gasteiger partial charge in [-0.05, 0) is 122 Å². The van der Waals surface area contributed by atoms with E-state index in [4.69, 9.17) is 23.9 Å². The molecular weight excluding hydrogens is 632 g/mol. The van der Waals surface area contributed by atoms with E-state index in [0.29, 0.717) is 51.8 Å². The van der Waals surface area contributed by atoms with Crippen molar-refractivity contribution in [3.8, 4) is 17.0 Å². The molecule has 270 valence electrons. The maximum Gasteiger partial charge on any atom is 0.410 e. The highest BCUT2D eigenvalue weighted by Gasteiger charge is 2.38. The molecule has 0 spiro atoms. The van der Waals surface area contributed by atoms with Gasteiger partial charge in [0.25, 0.3) is 0 Å². The molecule has 1 saturated heterocycles. The van der Waals surface area contributed by atoms with Crippen LogP contribution in [0, 0.1) is 19.8 Å². The van der Waals surface area contributed by atoms with Gasteiger partial charge in [0.2, 0.25) is 5.95 Å². The van der Waals surface area contributed by atoms with Crippen LogP contribution in [0.2, 0.25) is 0 Å². The molecule has 1 amide bonds. The van der Waals surface area contributed by atoms with Crippen LogP contribution in [0.5, 0.6) is 5.75 Å². The first-order chi connectivity index (χ1) is 23.6. The average Bonchev–Trinajstić information content (AvgIpc) is 3.27. The zero-order valence-corrected chi connectivity index (χ0v) is 31.3. The van der Waals surface area contributed by atoms with Gasteiger partial charge in [-0.2, -0.15) is 0 Å². The lowest BCUT2D eigenvalue weighted by molar-refractivity contribution is -0.166. The molecule has 0 unspecified atom stereocenters. The van der Waals surface area contributed by atoms with Crippen LogP contribution in [0.1, 0.15) is 82.7 Å². The Bertz CT molecular complexity index is 1680. The molecule has 1 aromatic heterocycles. The molecule has 0 bridgehead atoms. The van der Waals surface area contributed by atoms with Crippen LogP contribution >= 0.6 is 0 Å². The molecule has 5 rings (SSSR count). The van der Waals surface area contributed by atoms with Crippen LogP contribution in [-0.2, 0) is 38.5 Å². The second-order valence-corrected chi connectivity index (χ2v) is 15.3. The van der Waals surface area contributed by atoms with Crippen molar-refractivity contribution in [1.82, 2.24) is 14.9 Å². The van der Waals surface area contributed by atoms with E-state index in [1.165, 1.54) is 16.7 Å². The normalized spacial score (nSPS) is 18.3. The Kier molecular flexibility index (Phi) is 11.4. The summed E-state index contributed by atoms with van der Waals surface area (Å²) in [6, 6.07) is 12.3. The molecule has 2 aliphatic rings. The van der Waals surface area contributed by atoms with Crippen LogP contribution in [-0.4, -0.2) is 77.0 Å². The van der Waals surface area contributed by atoms with Crippen molar-refractivity contribution in [1.29, 1.82) is 0 Å². The number of anilines is 1. The van der Waals surface area contributed by atoms with Crippen molar-refractivity contribution in [2.75, 3.05) is 37.7 Å². The van der Waals surface area contributed by atoms with Crippen molar-refractivity contribution in [3.05, 3.63) is 70.4 Å². The molecule has 2 aliphatic heterocycles.